The minimum Gasteiger partial charge on any atom is -0.337 e. The average molecular weight is 388 g/mol. The van der Waals surface area contributed by atoms with Crippen molar-refractivity contribution in [3.8, 4) is 6.07 Å². The smallest absolute Gasteiger partial charge is 0.233 e. The molecule has 0 saturated carbocycles. The van der Waals surface area contributed by atoms with E-state index in [-0.39, 0.29) is 5.91 Å². The monoisotopic (exact) mass is 387 g/mol. The molecule has 3 aromatic rings. The van der Waals surface area contributed by atoms with Crippen LogP contribution >= 0.6 is 11.8 Å². The Labute approximate surface area is 169 Å². The molecule has 1 aromatic heterocycles. The Morgan fingerprint density at radius 3 is 2.71 bits per heavy atom. The first-order valence-electron chi connectivity index (χ1n) is 9.35. The van der Waals surface area contributed by atoms with Crippen molar-refractivity contribution in [2.75, 3.05) is 12.3 Å². The number of carbonyl (C=O) groups excluding carboxylic acids is 1. The molecule has 0 unspecified atom stereocenters. The van der Waals surface area contributed by atoms with Gasteiger partial charge in [-0.2, -0.15) is 5.26 Å². The molecule has 0 bridgehead atoms. The van der Waals surface area contributed by atoms with Crippen LogP contribution in [0, 0.1) is 25.2 Å². The van der Waals surface area contributed by atoms with Crippen molar-refractivity contribution in [3.63, 3.8) is 0 Å². The number of amides is 1. The Hall–Kier alpha value is -2.84. The lowest BCUT2D eigenvalue weighted by molar-refractivity contribution is -0.129. The lowest BCUT2D eigenvalue weighted by atomic mass is 10.00. The second-order valence-electron chi connectivity index (χ2n) is 7.17. The first-order chi connectivity index (χ1) is 13.6. The number of rotatable bonds is 3. The molecular formula is C23H21N3OS. The van der Waals surface area contributed by atoms with Crippen LogP contribution < -0.4 is 0 Å². The summed E-state index contributed by atoms with van der Waals surface area (Å²) in [4.78, 5) is 19.4. The van der Waals surface area contributed by atoms with Gasteiger partial charge in [-0.05, 0) is 48.6 Å². The van der Waals surface area contributed by atoms with Gasteiger partial charge >= 0.3 is 0 Å². The normalized spacial score (nSPS) is 13.2. The first kappa shape index (κ1) is 18.5. The van der Waals surface area contributed by atoms with Crippen LogP contribution in [0.3, 0.4) is 0 Å². The SMILES string of the molecule is Cc1ccc(C)c2nc(SCC(=O)N3CCc4ccccc4C3)c(C#N)cc12. The molecule has 1 amide bonds. The van der Waals surface area contributed by atoms with E-state index in [0.717, 1.165) is 35.0 Å². The van der Waals surface area contributed by atoms with Crippen molar-refractivity contribution in [1.29, 1.82) is 5.26 Å². The molecule has 0 fully saturated rings. The fourth-order valence-corrected chi connectivity index (χ4v) is 4.50. The maximum absolute atomic E-state index is 12.8. The molecular weight excluding hydrogens is 366 g/mol. The van der Waals surface area contributed by atoms with Gasteiger partial charge in [0.1, 0.15) is 11.1 Å². The number of nitrogens with zero attached hydrogens (tertiary/aromatic N) is 3. The van der Waals surface area contributed by atoms with Crippen LogP contribution in [0.25, 0.3) is 10.9 Å². The van der Waals surface area contributed by atoms with Gasteiger partial charge < -0.3 is 4.90 Å². The largest absolute Gasteiger partial charge is 0.337 e. The highest BCUT2D eigenvalue weighted by Gasteiger charge is 2.21. The highest BCUT2D eigenvalue weighted by atomic mass is 32.2. The molecule has 0 radical (unpaired) electrons. The number of benzene rings is 2. The number of aryl methyl sites for hydroxylation is 2. The summed E-state index contributed by atoms with van der Waals surface area (Å²) >= 11 is 1.36. The molecule has 2 heterocycles. The fraction of sp³-hybridized carbons (Fsp3) is 0.261. The lowest BCUT2D eigenvalue weighted by Gasteiger charge is -2.28. The molecule has 1 aliphatic heterocycles. The van der Waals surface area contributed by atoms with Crippen LogP contribution in [0.1, 0.15) is 27.8 Å². The van der Waals surface area contributed by atoms with Crippen molar-refractivity contribution in [1.82, 2.24) is 9.88 Å². The predicted molar refractivity (Wildman–Crippen MR) is 112 cm³/mol. The molecule has 1 aliphatic rings. The fourth-order valence-electron chi connectivity index (χ4n) is 3.64. The third-order valence-electron chi connectivity index (χ3n) is 5.31. The number of pyridine rings is 1. The van der Waals surface area contributed by atoms with Crippen molar-refractivity contribution in [3.05, 3.63) is 70.3 Å². The highest BCUT2D eigenvalue weighted by Crippen LogP contribution is 2.29. The van der Waals surface area contributed by atoms with Gasteiger partial charge in [-0.1, -0.05) is 48.2 Å². The topological polar surface area (TPSA) is 57.0 Å². The number of aromatic nitrogens is 1. The van der Waals surface area contributed by atoms with Gasteiger partial charge in [-0.3, -0.25) is 4.79 Å². The van der Waals surface area contributed by atoms with E-state index in [1.807, 2.05) is 49.1 Å². The standard InChI is InChI=1S/C23H21N3OS/c1-15-7-8-16(2)22-20(15)11-19(12-24)23(25-22)28-14-21(27)26-10-9-17-5-3-4-6-18(17)13-26/h3-8,11H,9-10,13-14H2,1-2H3. The van der Waals surface area contributed by atoms with E-state index in [1.54, 1.807) is 0 Å². The molecule has 0 spiro atoms. The Balaban J connectivity index is 1.53. The second kappa shape index (κ2) is 7.65. The lowest BCUT2D eigenvalue weighted by Crippen LogP contribution is -2.37. The van der Waals surface area contributed by atoms with Gasteiger partial charge in [0.15, 0.2) is 0 Å². The van der Waals surface area contributed by atoms with Gasteiger partial charge in [0.05, 0.1) is 16.8 Å². The minimum atomic E-state index is 0.0891. The van der Waals surface area contributed by atoms with Crippen LogP contribution in [0.5, 0.6) is 0 Å². The number of nitriles is 1. The van der Waals surface area contributed by atoms with Crippen molar-refractivity contribution in [2.24, 2.45) is 0 Å². The third kappa shape index (κ3) is 3.48. The first-order valence-corrected chi connectivity index (χ1v) is 10.3. The third-order valence-corrected chi connectivity index (χ3v) is 6.28. The Kier molecular flexibility index (Phi) is 5.06. The average Bonchev–Trinajstić information content (AvgIpc) is 2.73. The Morgan fingerprint density at radius 2 is 1.93 bits per heavy atom. The number of hydrogen-bond acceptors (Lipinski definition) is 4. The maximum atomic E-state index is 12.8. The molecule has 4 rings (SSSR count). The van der Waals surface area contributed by atoms with Crippen molar-refractivity contribution >= 4 is 28.6 Å². The van der Waals surface area contributed by atoms with E-state index in [2.05, 4.69) is 18.2 Å². The summed E-state index contributed by atoms with van der Waals surface area (Å²) < 4.78 is 0. The molecule has 2 aromatic carbocycles. The van der Waals surface area contributed by atoms with Crippen molar-refractivity contribution in [2.45, 2.75) is 31.8 Å². The van der Waals surface area contributed by atoms with Crippen LogP contribution in [-0.4, -0.2) is 28.1 Å². The molecule has 4 nitrogen and oxygen atoms in total. The Bertz CT molecular complexity index is 1120. The molecule has 28 heavy (non-hydrogen) atoms. The minimum absolute atomic E-state index is 0.0891. The van der Waals surface area contributed by atoms with Crippen LogP contribution in [0.15, 0.2) is 47.5 Å². The summed E-state index contributed by atoms with van der Waals surface area (Å²) in [7, 11) is 0. The predicted octanol–water partition coefficient (Wildman–Crippen LogP) is 4.40. The summed E-state index contributed by atoms with van der Waals surface area (Å²) in [5.74, 6) is 0.381. The van der Waals surface area contributed by atoms with E-state index in [0.29, 0.717) is 22.9 Å². The molecule has 140 valence electrons. The van der Waals surface area contributed by atoms with Gasteiger partial charge in [0.2, 0.25) is 5.91 Å². The van der Waals surface area contributed by atoms with E-state index in [1.165, 1.54) is 22.9 Å². The Morgan fingerprint density at radius 1 is 1.18 bits per heavy atom. The van der Waals surface area contributed by atoms with Gasteiger partial charge in [-0.15, -0.1) is 0 Å². The summed E-state index contributed by atoms with van der Waals surface area (Å²) in [6, 6.07) is 16.5. The summed E-state index contributed by atoms with van der Waals surface area (Å²) in [5.41, 5.74) is 6.16. The quantitative estimate of drug-likeness (QED) is 0.625. The van der Waals surface area contributed by atoms with Crippen LogP contribution in [-0.2, 0) is 17.8 Å². The van der Waals surface area contributed by atoms with E-state index in [9.17, 15) is 10.1 Å². The molecule has 0 atom stereocenters. The maximum Gasteiger partial charge on any atom is 0.233 e. The summed E-state index contributed by atoms with van der Waals surface area (Å²) in [5, 5.41) is 11.2. The van der Waals surface area contributed by atoms with Gasteiger partial charge in [0, 0.05) is 18.5 Å². The van der Waals surface area contributed by atoms with Gasteiger partial charge in [-0.25, -0.2) is 4.98 Å². The highest BCUT2D eigenvalue weighted by molar-refractivity contribution is 8.00. The zero-order valence-electron chi connectivity index (χ0n) is 16.0. The van der Waals surface area contributed by atoms with Crippen molar-refractivity contribution < 1.29 is 4.79 Å². The number of carbonyl (C=O) groups is 1. The van der Waals surface area contributed by atoms with E-state index < -0.39 is 0 Å². The van der Waals surface area contributed by atoms with Crippen LogP contribution in [0.4, 0.5) is 0 Å². The molecule has 5 heteroatoms. The molecule has 0 saturated heterocycles. The molecule has 0 aliphatic carbocycles. The number of thioether (sulfide) groups is 1. The summed E-state index contributed by atoms with van der Waals surface area (Å²) in [6.45, 7) is 5.44. The zero-order valence-corrected chi connectivity index (χ0v) is 16.8. The number of hydrogen-bond donors (Lipinski definition) is 0. The number of fused-ring (bicyclic) bond motifs is 2. The molecule has 0 N–H and O–H groups in total. The van der Waals surface area contributed by atoms with E-state index in [4.69, 9.17) is 4.98 Å². The van der Waals surface area contributed by atoms with Gasteiger partial charge in [0.25, 0.3) is 0 Å². The van der Waals surface area contributed by atoms with Crippen LogP contribution in [0.2, 0.25) is 0 Å². The second-order valence-corrected chi connectivity index (χ2v) is 8.14. The van der Waals surface area contributed by atoms with E-state index >= 15 is 0 Å². The zero-order chi connectivity index (χ0) is 19.7. The summed E-state index contributed by atoms with van der Waals surface area (Å²) in [6.07, 6.45) is 0.892.